The maximum absolute atomic E-state index is 10.8. The van der Waals surface area contributed by atoms with Crippen LogP contribution in [0.3, 0.4) is 0 Å². The third-order valence-electron chi connectivity index (χ3n) is 1.35. The summed E-state index contributed by atoms with van der Waals surface area (Å²) < 4.78 is 0. The van der Waals surface area contributed by atoms with Gasteiger partial charge in [-0.2, -0.15) is 0 Å². The summed E-state index contributed by atoms with van der Waals surface area (Å²) >= 11 is 0. The first kappa shape index (κ1) is 12.1. The van der Waals surface area contributed by atoms with Crippen LogP contribution in [0.2, 0.25) is 0 Å². The van der Waals surface area contributed by atoms with E-state index in [1.54, 1.807) is 0 Å². The first-order valence-electron chi connectivity index (χ1n) is 4.08. The highest BCUT2D eigenvalue weighted by Crippen LogP contribution is 2.06. The van der Waals surface area contributed by atoms with Crippen LogP contribution in [-0.4, -0.2) is 17.7 Å². The molecule has 1 rings (SSSR count). The van der Waals surface area contributed by atoms with Crippen LogP contribution in [0, 0.1) is 0 Å². The molecule has 0 aromatic heterocycles. The summed E-state index contributed by atoms with van der Waals surface area (Å²) in [5.41, 5.74) is 4.64. The molecule has 0 aromatic carbocycles. The van der Waals surface area contributed by atoms with Gasteiger partial charge in [0, 0.05) is 5.57 Å². The first-order valence-corrected chi connectivity index (χ1v) is 4.08. The van der Waals surface area contributed by atoms with Gasteiger partial charge in [-0.15, -0.1) is 0 Å². The van der Waals surface area contributed by atoms with Crippen molar-refractivity contribution in [2.45, 2.75) is 13.8 Å². The third-order valence-corrected chi connectivity index (χ3v) is 1.35. The van der Waals surface area contributed by atoms with Crippen molar-refractivity contribution in [3.8, 4) is 0 Å². The molecule has 0 saturated heterocycles. The largest absolute Gasteiger partial charge is 0.365 e. The van der Waals surface area contributed by atoms with Gasteiger partial charge in [-0.05, 0) is 6.08 Å². The van der Waals surface area contributed by atoms with E-state index in [4.69, 9.17) is 5.73 Å². The monoisotopic (exact) mass is 196 g/mol. The van der Waals surface area contributed by atoms with Crippen molar-refractivity contribution in [1.29, 1.82) is 0 Å². The van der Waals surface area contributed by atoms with Gasteiger partial charge in [0.1, 0.15) is 5.57 Å². The minimum atomic E-state index is -0.874. The Balaban J connectivity index is 0.000000791. The van der Waals surface area contributed by atoms with E-state index in [-0.39, 0.29) is 11.1 Å². The molecule has 5 nitrogen and oxygen atoms in total. The summed E-state index contributed by atoms with van der Waals surface area (Å²) in [4.78, 5) is 32.2. The summed E-state index contributed by atoms with van der Waals surface area (Å²) in [5, 5.41) is 1.91. The van der Waals surface area contributed by atoms with Gasteiger partial charge in [0.2, 0.25) is 0 Å². The lowest BCUT2D eigenvalue weighted by molar-refractivity contribution is -0.128. The summed E-state index contributed by atoms with van der Waals surface area (Å²) in [6, 6.07) is 0. The molecular weight excluding hydrogens is 184 g/mol. The highest BCUT2D eigenvalue weighted by molar-refractivity contribution is 6.26. The Morgan fingerprint density at radius 3 is 2.29 bits per heavy atom. The van der Waals surface area contributed by atoms with Crippen LogP contribution in [0.5, 0.6) is 0 Å². The number of amides is 3. The Hall–Kier alpha value is -1.91. The lowest BCUT2D eigenvalue weighted by atomic mass is 10.1. The topological polar surface area (TPSA) is 89.3 Å². The van der Waals surface area contributed by atoms with E-state index >= 15 is 0 Å². The number of carbonyl (C=O) groups is 3. The van der Waals surface area contributed by atoms with Crippen molar-refractivity contribution in [2.75, 3.05) is 0 Å². The Morgan fingerprint density at radius 1 is 1.36 bits per heavy atom. The van der Waals surface area contributed by atoms with E-state index in [1.807, 2.05) is 19.2 Å². The molecule has 0 spiro atoms. The molecule has 0 saturated carbocycles. The third kappa shape index (κ3) is 2.55. The van der Waals surface area contributed by atoms with Gasteiger partial charge < -0.3 is 5.73 Å². The standard InChI is InChI=1S/C7H6N2O3.C2H6/c1-3-2-4(5(8)10)7(12)9-6(3)11;1-2/h2H,1H2,(H2,8,10)(H,9,11,12);1-2H3. The smallest absolute Gasteiger partial charge is 0.263 e. The second-order valence-electron chi connectivity index (χ2n) is 2.23. The van der Waals surface area contributed by atoms with Crippen LogP contribution in [0.4, 0.5) is 0 Å². The maximum Gasteiger partial charge on any atom is 0.263 e. The van der Waals surface area contributed by atoms with Crippen LogP contribution >= 0.6 is 0 Å². The van der Waals surface area contributed by atoms with Crippen molar-refractivity contribution < 1.29 is 14.4 Å². The highest BCUT2D eigenvalue weighted by atomic mass is 16.2. The van der Waals surface area contributed by atoms with E-state index in [1.165, 1.54) is 0 Å². The highest BCUT2D eigenvalue weighted by Gasteiger charge is 2.24. The molecule has 5 heteroatoms. The Bertz CT molecular complexity index is 329. The molecule has 0 aliphatic carbocycles. The van der Waals surface area contributed by atoms with Gasteiger partial charge in [-0.25, -0.2) is 0 Å². The number of nitrogens with two attached hydrogens (primary N) is 1. The van der Waals surface area contributed by atoms with Crippen molar-refractivity contribution in [2.24, 2.45) is 5.73 Å². The van der Waals surface area contributed by atoms with E-state index in [0.717, 1.165) is 6.08 Å². The molecule has 0 atom stereocenters. The Labute approximate surface area is 81.7 Å². The summed E-state index contributed by atoms with van der Waals surface area (Å²) in [6.07, 6.45) is 1.07. The van der Waals surface area contributed by atoms with Crippen LogP contribution in [0.15, 0.2) is 23.8 Å². The summed E-state index contributed by atoms with van der Waals surface area (Å²) in [7, 11) is 0. The Morgan fingerprint density at radius 2 is 1.86 bits per heavy atom. The van der Waals surface area contributed by atoms with Gasteiger partial charge in [0.15, 0.2) is 0 Å². The van der Waals surface area contributed by atoms with Crippen molar-refractivity contribution in [1.82, 2.24) is 5.32 Å². The van der Waals surface area contributed by atoms with Gasteiger partial charge in [-0.3, -0.25) is 19.7 Å². The van der Waals surface area contributed by atoms with Gasteiger partial charge >= 0.3 is 0 Å². The molecule has 0 radical (unpaired) electrons. The fourth-order valence-corrected chi connectivity index (χ4v) is 0.739. The minimum absolute atomic E-state index is 0.0448. The fraction of sp³-hybridized carbons (Fsp3) is 0.222. The van der Waals surface area contributed by atoms with Crippen LogP contribution in [-0.2, 0) is 14.4 Å². The zero-order valence-corrected chi connectivity index (χ0v) is 8.09. The quantitative estimate of drug-likeness (QED) is 0.341. The van der Waals surface area contributed by atoms with E-state index in [9.17, 15) is 14.4 Å². The van der Waals surface area contributed by atoms with Crippen LogP contribution in [0.25, 0.3) is 0 Å². The zero-order valence-electron chi connectivity index (χ0n) is 8.09. The average Bonchev–Trinajstić information content (AvgIpc) is 2.14. The number of carbonyl (C=O) groups excluding carboxylic acids is 3. The van der Waals surface area contributed by atoms with Crippen molar-refractivity contribution in [3.63, 3.8) is 0 Å². The zero-order chi connectivity index (χ0) is 11.3. The number of nitrogens with one attached hydrogen (secondary N) is 1. The van der Waals surface area contributed by atoms with Crippen LogP contribution < -0.4 is 11.1 Å². The second-order valence-corrected chi connectivity index (χ2v) is 2.23. The van der Waals surface area contributed by atoms with E-state index in [0.29, 0.717) is 0 Å². The first-order chi connectivity index (χ1) is 6.52. The lowest BCUT2D eigenvalue weighted by Gasteiger charge is -2.10. The number of hydrogen-bond donors (Lipinski definition) is 2. The second kappa shape index (κ2) is 4.96. The summed E-state index contributed by atoms with van der Waals surface area (Å²) in [6.45, 7) is 7.31. The normalized spacial score (nSPS) is 15.0. The SMILES string of the molecule is C=C1C=C(C(N)=O)C(=O)NC1=O.CC. The van der Waals surface area contributed by atoms with E-state index in [2.05, 4.69) is 6.58 Å². The molecule has 1 aliphatic rings. The van der Waals surface area contributed by atoms with Gasteiger partial charge in [-0.1, -0.05) is 20.4 Å². The predicted octanol–water partition coefficient (Wildman–Crippen LogP) is -0.363. The molecule has 14 heavy (non-hydrogen) atoms. The number of hydrogen-bond acceptors (Lipinski definition) is 3. The van der Waals surface area contributed by atoms with Crippen molar-refractivity contribution >= 4 is 17.7 Å². The molecule has 0 aromatic rings. The molecule has 1 aliphatic heterocycles. The molecule has 0 bridgehead atoms. The predicted molar refractivity (Wildman–Crippen MR) is 50.9 cm³/mol. The number of primary amides is 1. The molecule has 3 amide bonds. The minimum Gasteiger partial charge on any atom is -0.365 e. The maximum atomic E-state index is 10.8. The van der Waals surface area contributed by atoms with E-state index < -0.39 is 17.7 Å². The number of imide groups is 1. The molecule has 0 fully saturated rings. The molecule has 76 valence electrons. The molecule has 3 N–H and O–H groups in total. The molecule has 1 heterocycles. The van der Waals surface area contributed by atoms with Crippen molar-refractivity contribution in [3.05, 3.63) is 23.8 Å². The average molecular weight is 196 g/mol. The van der Waals surface area contributed by atoms with Gasteiger partial charge in [0.05, 0.1) is 0 Å². The van der Waals surface area contributed by atoms with Crippen LogP contribution in [0.1, 0.15) is 13.8 Å². The van der Waals surface area contributed by atoms with Gasteiger partial charge in [0.25, 0.3) is 17.7 Å². The summed E-state index contributed by atoms with van der Waals surface area (Å²) in [5.74, 6) is -2.26. The fourth-order valence-electron chi connectivity index (χ4n) is 0.739. The Kier molecular flexibility index (Phi) is 4.28. The lowest BCUT2D eigenvalue weighted by Crippen LogP contribution is -2.39. The number of rotatable bonds is 1. The molecule has 0 unspecified atom stereocenters. The molecular formula is C9H12N2O3.